The van der Waals surface area contributed by atoms with Crippen LogP contribution in [0.5, 0.6) is 23.0 Å². The van der Waals surface area contributed by atoms with Crippen molar-refractivity contribution in [2.45, 2.75) is 17.8 Å². The summed E-state index contributed by atoms with van der Waals surface area (Å²) in [6.45, 7) is 0. The molecule has 0 heterocycles. The molecule has 41 heavy (non-hydrogen) atoms. The molecule has 4 aromatic rings. The van der Waals surface area contributed by atoms with E-state index >= 15 is 0 Å². The third kappa shape index (κ3) is 5.76. The summed E-state index contributed by atoms with van der Waals surface area (Å²) < 4.78 is 97.6. The molecule has 0 unspecified atom stereocenters. The SMILES string of the molecule is O=[N+]([O-])c1cccc(Oc2ccc(C(c3ccc(Oc4cccc([N+](=O)[O-])c4)cc3)(C(F)(F)F)C(F)(F)F)cc2)c1. The van der Waals surface area contributed by atoms with Crippen molar-refractivity contribution in [1.29, 1.82) is 0 Å². The number of hydrogen-bond acceptors (Lipinski definition) is 6. The molecule has 0 atom stereocenters. The van der Waals surface area contributed by atoms with Gasteiger partial charge in [-0.25, -0.2) is 0 Å². The first kappa shape index (κ1) is 28.9. The van der Waals surface area contributed by atoms with E-state index in [0.29, 0.717) is 24.3 Å². The summed E-state index contributed by atoms with van der Waals surface area (Å²) >= 11 is 0. The number of nitro groups is 2. The summed E-state index contributed by atoms with van der Waals surface area (Å²) in [7, 11) is 0. The average Bonchev–Trinajstić information content (AvgIpc) is 2.89. The average molecular weight is 578 g/mol. The van der Waals surface area contributed by atoms with Crippen LogP contribution in [-0.4, -0.2) is 22.2 Å². The van der Waals surface area contributed by atoms with Crippen LogP contribution in [0.25, 0.3) is 0 Å². The van der Waals surface area contributed by atoms with Crippen LogP contribution in [0.4, 0.5) is 37.7 Å². The van der Waals surface area contributed by atoms with Crippen molar-refractivity contribution in [3.05, 3.63) is 128 Å². The molecule has 0 saturated carbocycles. The Balaban J connectivity index is 1.70. The summed E-state index contributed by atoms with van der Waals surface area (Å²) in [6, 6.07) is 15.7. The fourth-order valence-electron chi connectivity index (χ4n) is 4.12. The van der Waals surface area contributed by atoms with Gasteiger partial charge in [0.15, 0.2) is 0 Å². The topological polar surface area (TPSA) is 105 Å². The number of ether oxygens (including phenoxy) is 2. The molecule has 0 N–H and O–H groups in total. The highest BCUT2D eigenvalue weighted by Crippen LogP contribution is 2.56. The van der Waals surface area contributed by atoms with Crippen LogP contribution in [0.15, 0.2) is 97.1 Å². The van der Waals surface area contributed by atoms with Gasteiger partial charge in [0.2, 0.25) is 5.41 Å². The van der Waals surface area contributed by atoms with E-state index in [4.69, 9.17) is 9.47 Å². The van der Waals surface area contributed by atoms with Crippen LogP contribution in [0.3, 0.4) is 0 Å². The molecule has 0 aromatic heterocycles. The van der Waals surface area contributed by atoms with Crippen LogP contribution in [0.2, 0.25) is 0 Å². The maximum Gasteiger partial charge on any atom is 0.411 e. The van der Waals surface area contributed by atoms with Crippen molar-refractivity contribution in [2.75, 3.05) is 0 Å². The number of rotatable bonds is 8. The van der Waals surface area contributed by atoms with Gasteiger partial charge in [-0.05, 0) is 47.5 Å². The van der Waals surface area contributed by atoms with E-state index < -0.39 is 38.7 Å². The maximum absolute atomic E-state index is 14.5. The van der Waals surface area contributed by atoms with Crippen LogP contribution in [0.1, 0.15) is 11.1 Å². The van der Waals surface area contributed by atoms with Crippen molar-refractivity contribution in [1.82, 2.24) is 0 Å². The van der Waals surface area contributed by atoms with Gasteiger partial charge in [0, 0.05) is 12.1 Å². The van der Waals surface area contributed by atoms with E-state index in [-0.39, 0.29) is 34.4 Å². The molecule has 0 spiro atoms. The van der Waals surface area contributed by atoms with Gasteiger partial charge < -0.3 is 9.47 Å². The largest absolute Gasteiger partial charge is 0.457 e. The van der Waals surface area contributed by atoms with Crippen molar-refractivity contribution < 1.29 is 45.7 Å². The molecule has 0 saturated heterocycles. The first-order chi connectivity index (χ1) is 19.2. The van der Waals surface area contributed by atoms with Gasteiger partial charge in [0.1, 0.15) is 23.0 Å². The van der Waals surface area contributed by atoms with E-state index in [2.05, 4.69) is 0 Å². The number of halogens is 6. The molecule has 212 valence electrons. The third-order valence-corrected chi connectivity index (χ3v) is 5.95. The van der Waals surface area contributed by atoms with Crippen LogP contribution in [-0.2, 0) is 5.41 Å². The van der Waals surface area contributed by atoms with Crippen molar-refractivity contribution >= 4 is 11.4 Å². The van der Waals surface area contributed by atoms with Gasteiger partial charge >= 0.3 is 12.4 Å². The molecule has 0 aliphatic rings. The molecular weight excluding hydrogens is 562 g/mol. The Morgan fingerprint density at radius 3 is 1.15 bits per heavy atom. The zero-order chi connectivity index (χ0) is 30.0. The highest BCUT2D eigenvalue weighted by Gasteiger charge is 2.72. The second-order valence-electron chi connectivity index (χ2n) is 8.51. The van der Waals surface area contributed by atoms with E-state index in [0.717, 1.165) is 36.4 Å². The van der Waals surface area contributed by atoms with E-state index in [1.807, 2.05) is 0 Å². The van der Waals surface area contributed by atoms with Crippen LogP contribution < -0.4 is 9.47 Å². The van der Waals surface area contributed by atoms with Crippen LogP contribution in [0, 0.1) is 20.2 Å². The minimum atomic E-state index is -5.85. The standard InChI is InChI=1S/C27H16F6N2O6/c28-26(29,30)25(27(31,32)33,17-7-11-21(12-8-17)40-23-5-1-3-19(15-23)34(36)37)18-9-13-22(14-10-18)41-24-6-2-4-20(16-24)35(38)39/h1-16H. The van der Waals surface area contributed by atoms with Gasteiger partial charge in [0.05, 0.1) is 22.0 Å². The van der Waals surface area contributed by atoms with Crippen molar-refractivity contribution in [3.63, 3.8) is 0 Å². The number of benzene rings is 4. The second kappa shape index (κ2) is 10.8. The first-order valence-electron chi connectivity index (χ1n) is 11.4. The van der Waals surface area contributed by atoms with Gasteiger partial charge in [-0.15, -0.1) is 0 Å². The van der Waals surface area contributed by atoms with E-state index in [9.17, 15) is 46.6 Å². The number of nitro benzene ring substituents is 2. The minimum absolute atomic E-state index is 0.0517. The Bertz CT molecular complexity index is 1450. The lowest BCUT2D eigenvalue weighted by molar-refractivity contribution is -0.385. The summed E-state index contributed by atoms with van der Waals surface area (Å²) in [4.78, 5) is 20.5. The summed E-state index contributed by atoms with van der Waals surface area (Å²) in [5, 5.41) is 21.9. The number of alkyl halides is 6. The molecule has 0 bridgehead atoms. The number of hydrogen-bond donors (Lipinski definition) is 0. The van der Waals surface area contributed by atoms with Gasteiger partial charge in [0.25, 0.3) is 11.4 Å². The minimum Gasteiger partial charge on any atom is -0.457 e. The lowest BCUT2D eigenvalue weighted by atomic mass is 9.73. The third-order valence-electron chi connectivity index (χ3n) is 5.95. The lowest BCUT2D eigenvalue weighted by Gasteiger charge is -2.38. The molecular formula is C27H16F6N2O6. The summed E-state index contributed by atoms with van der Waals surface area (Å²) in [5.41, 5.74) is -7.42. The molecule has 0 fully saturated rings. The molecule has 8 nitrogen and oxygen atoms in total. The lowest BCUT2D eigenvalue weighted by Crippen LogP contribution is -2.54. The smallest absolute Gasteiger partial charge is 0.411 e. The molecule has 14 heteroatoms. The van der Waals surface area contributed by atoms with Gasteiger partial charge in [-0.1, -0.05) is 36.4 Å². The van der Waals surface area contributed by atoms with Crippen molar-refractivity contribution in [2.24, 2.45) is 0 Å². The quantitative estimate of drug-likeness (QED) is 0.118. The molecule has 0 aliphatic carbocycles. The zero-order valence-electron chi connectivity index (χ0n) is 20.3. The molecule has 4 aromatic carbocycles. The van der Waals surface area contributed by atoms with Gasteiger partial charge in [-0.2, -0.15) is 26.3 Å². The first-order valence-corrected chi connectivity index (χ1v) is 11.4. The Kier molecular flexibility index (Phi) is 7.59. The monoisotopic (exact) mass is 578 g/mol. The second-order valence-corrected chi connectivity index (χ2v) is 8.51. The fraction of sp³-hybridized carbons (Fsp3) is 0.111. The zero-order valence-corrected chi connectivity index (χ0v) is 20.3. The molecule has 0 aliphatic heterocycles. The molecule has 0 radical (unpaired) electrons. The maximum atomic E-state index is 14.5. The highest BCUT2D eigenvalue weighted by atomic mass is 19.4. The van der Waals surface area contributed by atoms with Crippen LogP contribution >= 0.6 is 0 Å². The van der Waals surface area contributed by atoms with E-state index in [1.54, 1.807) is 0 Å². The Labute approximate surface area is 226 Å². The number of non-ortho nitro benzene ring substituents is 2. The molecule has 4 rings (SSSR count). The Hall–Kier alpha value is -5.14. The Morgan fingerprint density at radius 2 is 0.854 bits per heavy atom. The highest BCUT2D eigenvalue weighted by molar-refractivity contribution is 5.49. The Morgan fingerprint density at radius 1 is 0.512 bits per heavy atom. The van der Waals surface area contributed by atoms with Gasteiger partial charge in [-0.3, -0.25) is 20.2 Å². The normalized spacial score (nSPS) is 12.0. The predicted molar refractivity (Wildman–Crippen MR) is 132 cm³/mol. The predicted octanol–water partition coefficient (Wildman–Crippen LogP) is 8.50. The molecule has 0 amide bonds. The summed E-state index contributed by atoms with van der Waals surface area (Å²) in [5.74, 6) is -0.421. The van der Waals surface area contributed by atoms with E-state index in [1.165, 1.54) is 36.4 Å². The fourth-order valence-corrected chi connectivity index (χ4v) is 4.12. The van der Waals surface area contributed by atoms with Crippen molar-refractivity contribution in [3.8, 4) is 23.0 Å². The summed E-state index contributed by atoms with van der Waals surface area (Å²) in [6.07, 6.45) is -11.7. The number of nitrogens with zero attached hydrogens (tertiary/aromatic N) is 2.